The van der Waals surface area contributed by atoms with Crippen LogP contribution in [0, 0.1) is 0 Å². The van der Waals surface area contributed by atoms with Crippen molar-refractivity contribution in [3.8, 4) is 0 Å². The van der Waals surface area contributed by atoms with Crippen LogP contribution < -0.4 is 5.73 Å². The highest BCUT2D eigenvalue weighted by Gasteiger charge is 2.00. The highest BCUT2D eigenvalue weighted by atomic mass is 32.2. The quantitative estimate of drug-likeness (QED) is 0.349. The van der Waals surface area contributed by atoms with Crippen molar-refractivity contribution in [1.29, 1.82) is 0 Å². The number of primary amides is 1. The number of urea groups is 1. The maximum atomic E-state index is 9.47. The zero-order chi connectivity index (χ0) is 10.4. The summed E-state index contributed by atoms with van der Waals surface area (Å²) >= 11 is 0. The molecule has 0 aliphatic heterocycles. The fourth-order valence-electron chi connectivity index (χ4n) is 0.0735. The van der Waals surface area contributed by atoms with Crippen molar-refractivity contribution in [3.63, 3.8) is 0 Å². The van der Waals surface area contributed by atoms with Crippen LogP contribution in [0.15, 0.2) is 4.36 Å². The average Bonchev–Trinajstić information content (AvgIpc) is 1.52. The molecule has 0 aromatic carbocycles. The fraction of sp³-hybridized carbons (Fsp3) is 0. The van der Waals surface area contributed by atoms with Crippen LogP contribution in [-0.4, -0.2) is 29.1 Å². The summed E-state index contributed by atoms with van der Waals surface area (Å²) in [6, 6.07) is -1.20. The van der Waals surface area contributed by atoms with Gasteiger partial charge >= 0.3 is 24.4 Å². The van der Waals surface area contributed by atoms with Gasteiger partial charge in [0.25, 0.3) is 0 Å². The Balaban J connectivity index is 0. The Morgan fingerprint density at radius 1 is 1.33 bits per heavy atom. The number of carbonyl (C=O) groups excluding carboxylic acids is 1. The molecule has 0 heterocycles. The summed E-state index contributed by atoms with van der Waals surface area (Å²) in [4.78, 5) is 31.0. The lowest BCUT2D eigenvalue weighted by Gasteiger charge is -1.82. The molecule has 12 heavy (non-hydrogen) atoms. The van der Waals surface area contributed by atoms with Crippen LogP contribution in [0.5, 0.6) is 0 Å². The molecule has 0 aliphatic rings. The second-order valence-electron chi connectivity index (χ2n) is 1.16. The number of hydrogen-bond acceptors (Lipinski definition) is 4. The molecule has 0 unspecified atom stereocenters. The summed E-state index contributed by atoms with van der Waals surface area (Å²) < 4.78 is 29.9. The summed E-state index contributed by atoms with van der Waals surface area (Å²) in [5.74, 6) is 0. The van der Waals surface area contributed by atoms with E-state index in [1.165, 1.54) is 0 Å². The maximum absolute atomic E-state index is 9.47. The van der Waals surface area contributed by atoms with Gasteiger partial charge in [0.1, 0.15) is 0 Å². The van der Waals surface area contributed by atoms with E-state index in [4.69, 9.17) is 19.2 Å². The molecule has 9 nitrogen and oxygen atoms in total. The third-order valence-corrected chi connectivity index (χ3v) is 0.494. The Morgan fingerprint density at radius 3 is 1.58 bits per heavy atom. The SMILES string of the molecule is NC(=O)N=S(=O)=O.O=P(O)(O)O. The summed E-state index contributed by atoms with van der Waals surface area (Å²) in [6.45, 7) is 0. The average molecular weight is 220 g/mol. The third kappa shape index (κ3) is 60.4. The topological polar surface area (TPSA) is 167 Å². The molecule has 5 N–H and O–H groups in total. The molecule has 2 amide bonds. The van der Waals surface area contributed by atoms with Crippen molar-refractivity contribution in [1.82, 2.24) is 0 Å². The van der Waals surface area contributed by atoms with E-state index in [1.807, 2.05) is 0 Å². The molecule has 72 valence electrons. The van der Waals surface area contributed by atoms with Gasteiger partial charge in [0.15, 0.2) is 0 Å². The van der Waals surface area contributed by atoms with Gasteiger partial charge in [-0.25, -0.2) is 9.36 Å². The molecule has 0 aromatic heterocycles. The van der Waals surface area contributed by atoms with E-state index in [2.05, 4.69) is 10.1 Å². The normalized spacial score (nSPS) is 9.25. The molecule has 0 saturated carbocycles. The Kier molecular flexibility index (Phi) is 6.65. The van der Waals surface area contributed by atoms with Crippen molar-refractivity contribution >= 4 is 24.4 Å². The Bertz CT molecular complexity index is 294. The number of rotatable bonds is 0. The molecule has 0 aromatic rings. The highest BCUT2D eigenvalue weighted by Crippen LogP contribution is 2.25. The van der Waals surface area contributed by atoms with E-state index in [0.717, 1.165) is 0 Å². The van der Waals surface area contributed by atoms with Gasteiger partial charge in [-0.2, -0.15) is 8.42 Å². The van der Waals surface area contributed by atoms with E-state index < -0.39 is 24.4 Å². The zero-order valence-corrected chi connectivity index (χ0v) is 7.07. The zero-order valence-electron chi connectivity index (χ0n) is 5.35. The summed E-state index contributed by atoms with van der Waals surface area (Å²) in [5.41, 5.74) is 4.29. The first kappa shape index (κ1) is 13.8. The summed E-state index contributed by atoms with van der Waals surface area (Å²) in [6.07, 6.45) is 0. The van der Waals surface area contributed by atoms with Crippen LogP contribution in [0.1, 0.15) is 0 Å². The first-order valence-electron chi connectivity index (χ1n) is 2.01. The predicted octanol–water partition coefficient (Wildman–Crippen LogP) is -1.80. The smallest absolute Gasteiger partial charge is 0.349 e. The largest absolute Gasteiger partial charge is 0.466 e. The molecule has 0 fully saturated rings. The van der Waals surface area contributed by atoms with Crippen molar-refractivity contribution < 1.29 is 32.5 Å². The molecule has 0 spiro atoms. The van der Waals surface area contributed by atoms with Crippen LogP contribution >= 0.6 is 7.82 Å². The van der Waals surface area contributed by atoms with Crippen molar-refractivity contribution in [2.24, 2.45) is 10.1 Å². The van der Waals surface area contributed by atoms with Crippen LogP contribution in [0.3, 0.4) is 0 Å². The molecule has 0 saturated heterocycles. The minimum Gasteiger partial charge on any atom is -0.349 e. The minimum absolute atomic E-state index is 1.20. The van der Waals surface area contributed by atoms with Crippen molar-refractivity contribution in [2.75, 3.05) is 0 Å². The van der Waals surface area contributed by atoms with Crippen LogP contribution in [-0.2, 0) is 15.1 Å². The molecule has 0 rings (SSSR count). The Labute approximate surface area is 67.8 Å². The van der Waals surface area contributed by atoms with E-state index in [9.17, 15) is 13.2 Å². The van der Waals surface area contributed by atoms with Gasteiger partial charge in [0, 0.05) is 0 Å². The predicted molar refractivity (Wildman–Crippen MR) is 35.2 cm³/mol. The van der Waals surface area contributed by atoms with Gasteiger partial charge in [-0.15, -0.1) is 0 Å². The van der Waals surface area contributed by atoms with E-state index in [1.54, 1.807) is 0 Å². The number of amides is 2. The first-order chi connectivity index (χ1) is 5.13. The van der Waals surface area contributed by atoms with Gasteiger partial charge in [-0.3, -0.25) is 0 Å². The molecular weight excluding hydrogens is 215 g/mol. The number of nitrogens with zero attached hydrogens (tertiary/aromatic N) is 1. The van der Waals surface area contributed by atoms with Gasteiger partial charge < -0.3 is 20.4 Å². The van der Waals surface area contributed by atoms with Crippen LogP contribution in [0.4, 0.5) is 4.79 Å². The molecule has 0 aliphatic carbocycles. The van der Waals surface area contributed by atoms with Gasteiger partial charge in [0.05, 0.1) is 0 Å². The Hall–Kier alpha value is -0.800. The van der Waals surface area contributed by atoms with Gasteiger partial charge in [-0.05, 0) is 0 Å². The molecular formula is CH5N2O7PS. The van der Waals surface area contributed by atoms with Gasteiger partial charge in [-0.1, -0.05) is 4.36 Å². The lowest BCUT2D eigenvalue weighted by atomic mass is 11.2. The number of nitrogens with two attached hydrogens (primary N) is 1. The first-order valence-corrected chi connectivity index (χ1v) is 4.61. The Morgan fingerprint density at radius 2 is 1.58 bits per heavy atom. The van der Waals surface area contributed by atoms with Crippen molar-refractivity contribution in [2.45, 2.75) is 0 Å². The molecule has 0 atom stereocenters. The monoisotopic (exact) mass is 220 g/mol. The highest BCUT2D eigenvalue weighted by molar-refractivity contribution is 7.62. The van der Waals surface area contributed by atoms with E-state index >= 15 is 0 Å². The number of hydrogen-bond donors (Lipinski definition) is 4. The molecule has 0 bridgehead atoms. The number of carbonyl (C=O) groups is 1. The summed E-state index contributed by atoms with van der Waals surface area (Å²) in [7, 11) is -7.33. The van der Waals surface area contributed by atoms with Crippen LogP contribution in [0.2, 0.25) is 0 Å². The molecule has 0 radical (unpaired) electrons. The third-order valence-electron chi connectivity index (χ3n) is 0.165. The number of phosphoric acid groups is 1. The second kappa shape index (κ2) is 5.80. The van der Waals surface area contributed by atoms with E-state index in [0.29, 0.717) is 0 Å². The standard InChI is InChI=1S/CH2N2O3S.H3O4P/c2-1(4)3-7(5)6;1-5(2,3)4/h(H2,2,4);(H3,1,2,3,4). The van der Waals surface area contributed by atoms with E-state index in [-0.39, 0.29) is 0 Å². The lowest BCUT2D eigenvalue weighted by molar-refractivity contribution is 0.257. The second-order valence-corrected chi connectivity index (χ2v) is 2.80. The lowest BCUT2D eigenvalue weighted by Crippen LogP contribution is -2.02. The maximum Gasteiger partial charge on any atom is 0.466 e. The van der Waals surface area contributed by atoms with Gasteiger partial charge in [0.2, 0.25) is 0 Å². The van der Waals surface area contributed by atoms with Crippen molar-refractivity contribution in [3.05, 3.63) is 0 Å². The fourth-order valence-corrected chi connectivity index (χ4v) is 0.220. The molecule has 11 heteroatoms. The van der Waals surface area contributed by atoms with Crippen LogP contribution in [0.25, 0.3) is 0 Å². The minimum atomic E-state index is -4.64. The summed E-state index contributed by atoms with van der Waals surface area (Å²) in [5, 5.41) is 0.